The highest BCUT2D eigenvalue weighted by atomic mass is 16.7. The van der Waals surface area contributed by atoms with Gasteiger partial charge in [-0.2, -0.15) is 0 Å². The van der Waals surface area contributed by atoms with Crippen molar-refractivity contribution in [3.8, 4) is 11.5 Å². The zero-order chi connectivity index (χ0) is 25.7. The first-order chi connectivity index (χ1) is 17.1. The fraction of sp³-hybridized carbons (Fsp3) is 0.483. The molecular formula is C29H37N3O4. The number of ether oxygens (including phenoxy) is 2. The number of aliphatic hydroxyl groups excluding tert-OH is 1. The number of fused-ring (bicyclic) bond motifs is 2. The van der Waals surface area contributed by atoms with Crippen molar-refractivity contribution in [3.63, 3.8) is 0 Å². The van der Waals surface area contributed by atoms with Crippen molar-refractivity contribution < 1.29 is 19.4 Å². The van der Waals surface area contributed by atoms with Gasteiger partial charge in [-0.05, 0) is 81.7 Å². The molecule has 5 rings (SSSR count). The molecule has 2 N–H and O–H groups in total. The minimum Gasteiger partial charge on any atom is -0.454 e. The van der Waals surface area contributed by atoms with E-state index in [0.717, 1.165) is 53.7 Å². The van der Waals surface area contributed by atoms with Crippen molar-refractivity contribution in [2.24, 2.45) is 0 Å². The van der Waals surface area contributed by atoms with Gasteiger partial charge in [-0.1, -0.05) is 26.8 Å². The lowest BCUT2D eigenvalue weighted by atomic mass is 9.92. The van der Waals surface area contributed by atoms with Gasteiger partial charge in [-0.3, -0.25) is 9.69 Å². The summed E-state index contributed by atoms with van der Waals surface area (Å²) in [6, 6.07) is 14.2. The number of hydrogen-bond acceptors (Lipinski definition) is 5. The maximum absolute atomic E-state index is 13.4. The second-order valence-electron chi connectivity index (χ2n) is 11.4. The summed E-state index contributed by atoms with van der Waals surface area (Å²) in [6.07, 6.45) is 2.80. The molecule has 192 valence electrons. The third-order valence-electron chi connectivity index (χ3n) is 7.48. The van der Waals surface area contributed by atoms with Gasteiger partial charge in [0.2, 0.25) is 12.7 Å². The van der Waals surface area contributed by atoms with Gasteiger partial charge >= 0.3 is 0 Å². The van der Waals surface area contributed by atoms with Crippen LogP contribution in [0.15, 0.2) is 42.5 Å². The van der Waals surface area contributed by atoms with E-state index in [0.29, 0.717) is 12.2 Å². The molecule has 0 radical (unpaired) electrons. The number of hydrogen-bond donors (Lipinski definition) is 2. The highest BCUT2D eigenvalue weighted by molar-refractivity contribution is 6.02. The Balaban J connectivity index is 1.37. The second kappa shape index (κ2) is 9.12. The molecule has 0 saturated heterocycles. The molecule has 0 spiro atoms. The van der Waals surface area contributed by atoms with Crippen LogP contribution in [0.25, 0.3) is 10.9 Å². The smallest absolute Gasteiger partial charge is 0.235 e. The number of aromatic nitrogens is 1. The summed E-state index contributed by atoms with van der Waals surface area (Å²) in [7, 11) is 3.79. The summed E-state index contributed by atoms with van der Waals surface area (Å²) >= 11 is 0. The molecule has 1 atom stereocenters. The number of carbonyl (C=O) groups excluding carboxylic acids is 1. The average Bonchev–Trinajstić information content (AvgIpc) is 3.36. The number of amides is 1. The predicted molar refractivity (Wildman–Crippen MR) is 142 cm³/mol. The van der Waals surface area contributed by atoms with E-state index >= 15 is 0 Å². The average molecular weight is 492 g/mol. The number of anilines is 1. The van der Waals surface area contributed by atoms with E-state index in [1.807, 2.05) is 43.3 Å². The molecule has 2 aliphatic rings. The van der Waals surface area contributed by atoms with Crippen molar-refractivity contribution >= 4 is 22.5 Å². The van der Waals surface area contributed by atoms with Crippen LogP contribution in [-0.2, 0) is 22.2 Å². The third kappa shape index (κ3) is 4.58. The lowest BCUT2D eigenvalue weighted by Crippen LogP contribution is -2.27. The van der Waals surface area contributed by atoms with Crippen molar-refractivity contribution in [2.45, 2.75) is 70.1 Å². The molecule has 7 heteroatoms. The van der Waals surface area contributed by atoms with Crippen LogP contribution < -0.4 is 14.8 Å². The Hall–Kier alpha value is -3.03. The van der Waals surface area contributed by atoms with Crippen molar-refractivity contribution in [1.29, 1.82) is 0 Å². The van der Waals surface area contributed by atoms with Gasteiger partial charge in [0.25, 0.3) is 0 Å². The Morgan fingerprint density at radius 1 is 1.11 bits per heavy atom. The highest BCUT2D eigenvalue weighted by Gasteiger charge is 2.51. The van der Waals surface area contributed by atoms with Gasteiger partial charge in [0.1, 0.15) is 6.23 Å². The number of nitrogens with one attached hydrogen (secondary N) is 1. The molecule has 2 aromatic carbocycles. The molecule has 1 saturated carbocycles. The fourth-order valence-corrected chi connectivity index (χ4v) is 5.12. The lowest BCUT2D eigenvalue weighted by molar-refractivity contribution is -0.118. The first kappa shape index (κ1) is 24.7. The quantitative estimate of drug-likeness (QED) is 0.434. The Labute approximate surface area is 213 Å². The van der Waals surface area contributed by atoms with E-state index in [4.69, 9.17) is 9.47 Å². The molecular weight excluding hydrogens is 454 g/mol. The number of carbonyl (C=O) groups is 1. The van der Waals surface area contributed by atoms with Gasteiger partial charge in [-0.25, -0.2) is 0 Å². The van der Waals surface area contributed by atoms with Crippen LogP contribution in [-0.4, -0.2) is 47.6 Å². The molecule has 1 aliphatic carbocycles. The van der Waals surface area contributed by atoms with E-state index in [9.17, 15) is 9.90 Å². The summed E-state index contributed by atoms with van der Waals surface area (Å²) in [4.78, 5) is 15.2. The molecule has 1 aliphatic heterocycles. The molecule has 1 aromatic heterocycles. The van der Waals surface area contributed by atoms with Gasteiger partial charge in [0.15, 0.2) is 11.5 Å². The first-order valence-corrected chi connectivity index (χ1v) is 12.8. The maximum Gasteiger partial charge on any atom is 0.235 e. The van der Waals surface area contributed by atoms with Gasteiger partial charge < -0.3 is 24.5 Å². The zero-order valence-electron chi connectivity index (χ0n) is 21.9. The summed E-state index contributed by atoms with van der Waals surface area (Å²) in [5.41, 5.74) is 3.64. The third-order valence-corrected chi connectivity index (χ3v) is 7.48. The Morgan fingerprint density at radius 2 is 1.86 bits per heavy atom. The molecule has 1 fully saturated rings. The minimum absolute atomic E-state index is 0.0221. The van der Waals surface area contributed by atoms with Crippen LogP contribution in [0.4, 0.5) is 5.69 Å². The lowest BCUT2D eigenvalue weighted by Gasteiger charge is -2.23. The normalized spacial score (nSPS) is 17.0. The monoisotopic (exact) mass is 491 g/mol. The van der Waals surface area contributed by atoms with Gasteiger partial charge in [-0.15, -0.1) is 0 Å². The van der Waals surface area contributed by atoms with Crippen LogP contribution >= 0.6 is 0 Å². The van der Waals surface area contributed by atoms with Gasteiger partial charge in [0.05, 0.1) is 5.41 Å². The summed E-state index contributed by atoms with van der Waals surface area (Å²) < 4.78 is 13.3. The topological polar surface area (TPSA) is 76.0 Å². The zero-order valence-corrected chi connectivity index (χ0v) is 21.9. The molecule has 0 bridgehead atoms. The van der Waals surface area contributed by atoms with E-state index in [-0.39, 0.29) is 18.1 Å². The van der Waals surface area contributed by atoms with Gasteiger partial charge in [0, 0.05) is 34.2 Å². The molecule has 3 aromatic rings. The number of benzene rings is 2. The van der Waals surface area contributed by atoms with E-state index < -0.39 is 11.6 Å². The van der Waals surface area contributed by atoms with Crippen molar-refractivity contribution in [1.82, 2.24) is 9.47 Å². The maximum atomic E-state index is 13.4. The minimum atomic E-state index is -0.508. The standard InChI is InChI=1S/C29H37N3O4/c1-28(2,3)25-16-19-15-21(9-10-22(19)32(25)14-6-7-26(33)31(4)5)30-27(34)29(12-13-29)20-8-11-23-24(17-20)36-18-35-23/h8-11,15-17,26,33H,6-7,12-14,18H2,1-5H3,(H,30,34). The van der Waals surface area contributed by atoms with E-state index in [1.54, 1.807) is 0 Å². The van der Waals surface area contributed by atoms with Crippen LogP contribution in [0.5, 0.6) is 11.5 Å². The fourth-order valence-electron chi connectivity index (χ4n) is 5.12. The SMILES string of the molecule is CN(C)C(O)CCCn1c(C(C)(C)C)cc2cc(NC(=O)C3(c4ccc5c(c4)OCO5)CC3)ccc21. The Morgan fingerprint density at radius 3 is 2.56 bits per heavy atom. The van der Waals surface area contributed by atoms with Crippen LogP contribution in [0, 0.1) is 0 Å². The van der Waals surface area contributed by atoms with Crippen molar-refractivity contribution in [3.05, 3.63) is 53.7 Å². The molecule has 1 unspecified atom stereocenters. The van der Waals surface area contributed by atoms with E-state index in [1.165, 1.54) is 5.69 Å². The Kier molecular flexibility index (Phi) is 6.25. The predicted octanol–water partition coefficient (Wildman–Crippen LogP) is 5.00. The number of aryl methyl sites for hydroxylation is 1. The largest absolute Gasteiger partial charge is 0.454 e. The highest BCUT2D eigenvalue weighted by Crippen LogP contribution is 2.51. The molecule has 1 amide bonds. The summed E-state index contributed by atoms with van der Waals surface area (Å²) in [5, 5.41) is 14.5. The van der Waals surface area contributed by atoms with E-state index in [2.05, 4.69) is 48.9 Å². The van der Waals surface area contributed by atoms with Crippen LogP contribution in [0.3, 0.4) is 0 Å². The van der Waals surface area contributed by atoms with Crippen LogP contribution in [0.2, 0.25) is 0 Å². The summed E-state index contributed by atoms with van der Waals surface area (Å²) in [5.74, 6) is 1.46. The second-order valence-corrected chi connectivity index (χ2v) is 11.4. The number of nitrogens with zero attached hydrogens (tertiary/aromatic N) is 2. The summed E-state index contributed by atoms with van der Waals surface area (Å²) in [6.45, 7) is 7.72. The molecule has 7 nitrogen and oxygen atoms in total. The van der Waals surface area contributed by atoms with Crippen LogP contribution in [0.1, 0.15) is 57.7 Å². The first-order valence-electron chi connectivity index (χ1n) is 12.8. The molecule has 36 heavy (non-hydrogen) atoms. The number of rotatable bonds is 8. The Bertz CT molecular complexity index is 1280. The number of aliphatic hydroxyl groups is 1. The van der Waals surface area contributed by atoms with Crippen molar-refractivity contribution in [2.75, 3.05) is 26.2 Å². The molecule has 2 heterocycles.